The molecule has 0 bridgehead atoms. The van der Waals surface area contributed by atoms with Crippen LogP contribution in [0.15, 0.2) is 30.3 Å². The van der Waals surface area contributed by atoms with Gasteiger partial charge in [-0.2, -0.15) is 0 Å². The standard InChI is InChI=1S/C9H14Si.2ClH/c1-10-8-7-9-5-3-2-4-6-9;;/h2-6H,7-8,10H2,1H3;2*1H. The van der Waals surface area contributed by atoms with E-state index in [2.05, 4.69) is 36.9 Å². The SMILES string of the molecule is C[SiH2]CCc1ccccc1.Cl.Cl. The average molecular weight is 223 g/mol. The molecule has 3 heteroatoms. The zero-order valence-electron chi connectivity index (χ0n) is 7.32. The molecular weight excluding hydrogens is 207 g/mol. The molecule has 0 aromatic heterocycles. The maximum atomic E-state index is 2.36. The van der Waals surface area contributed by atoms with Crippen LogP contribution in [-0.2, 0) is 6.42 Å². The van der Waals surface area contributed by atoms with E-state index in [4.69, 9.17) is 0 Å². The first-order valence-electron chi connectivity index (χ1n) is 3.97. The van der Waals surface area contributed by atoms with Gasteiger partial charge in [-0.05, 0) is 12.0 Å². The number of hydrogen-bond donors (Lipinski definition) is 0. The van der Waals surface area contributed by atoms with E-state index in [1.165, 1.54) is 18.0 Å². The summed E-state index contributed by atoms with van der Waals surface area (Å²) in [6.07, 6.45) is 1.30. The van der Waals surface area contributed by atoms with E-state index in [-0.39, 0.29) is 34.3 Å². The first-order valence-corrected chi connectivity index (χ1v) is 6.39. The van der Waals surface area contributed by atoms with Gasteiger partial charge in [-0.15, -0.1) is 24.8 Å². The molecule has 0 N–H and O–H groups in total. The zero-order chi connectivity index (χ0) is 7.23. The maximum Gasteiger partial charge on any atom is 0.0170 e. The molecule has 0 aliphatic carbocycles. The lowest BCUT2D eigenvalue weighted by atomic mass is 10.2. The maximum absolute atomic E-state index is 2.36. The molecule has 0 aliphatic heterocycles. The first-order chi connectivity index (χ1) is 4.93. The van der Waals surface area contributed by atoms with Gasteiger partial charge in [0.25, 0.3) is 0 Å². The largest absolute Gasteiger partial charge is 0.147 e. The number of benzene rings is 1. The van der Waals surface area contributed by atoms with Gasteiger partial charge in [0.05, 0.1) is 0 Å². The average Bonchev–Trinajstić information content (AvgIpc) is 2.03. The minimum Gasteiger partial charge on any atom is -0.147 e. The van der Waals surface area contributed by atoms with Crippen molar-refractivity contribution >= 4 is 34.3 Å². The third-order valence-electron chi connectivity index (χ3n) is 1.66. The van der Waals surface area contributed by atoms with Crippen LogP contribution in [0.3, 0.4) is 0 Å². The van der Waals surface area contributed by atoms with Crippen molar-refractivity contribution in [3.05, 3.63) is 35.9 Å². The predicted octanol–water partition coefficient (Wildman–Crippen LogP) is 2.71. The van der Waals surface area contributed by atoms with Crippen LogP contribution in [0, 0.1) is 0 Å². The molecule has 0 amide bonds. The summed E-state index contributed by atoms with van der Waals surface area (Å²) in [5.74, 6) is 0. The van der Waals surface area contributed by atoms with E-state index in [0.29, 0.717) is 0 Å². The highest BCUT2D eigenvalue weighted by Gasteiger charge is 1.87. The highest BCUT2D eigenvalue weighted by atomic mass is 35.5. The summed E-state index contributed by atoms with van der Waals surface area (Å²) >= 11 is 0. The van der Waals surface area contributed by atoms with E-state index < -0.39 is 0 Å². The van der Waals surface area contributed by atoms with Crippen LogP contribution < -0.4 is 0 Å². The smallest absolute Gasteiger partial charge is 0.0170 e. The van der Waals surface area contributed by atoms with Crippen molar-refractivity contribution < 1.29 is 0 Å². The first kappa shape index (κ1) is 14.5. The fourth-order valence-corrected chi connectivity index (χ4v) is 1.79. The molecule has 0 heterocycles. The van der Waals surface area contributed by atoms with Gasteiger partial charge in [0, 0.05) is 9.52 Å². The highest BCUT2D eigenvalue weighted by Crippen LogP contribution is 2.01. The number of halogens is 2. The van der Waals surface area contributed by atoms with Gasteiger partial charge in [-0.3, -0.25) is 0 Å². The minimum atomic E-state index is 0. The van der Waals surface area contributed by atoms with Crippen molar-refractivity contribution in [3.8, 4) is 0 Å². The van der Waals surface area contributed by atoms with Crippen molar-refractivity contribution in [1.29, 1.82) is 0 Å². The molecule has 0 atom stereocenters. The second-order valence-electron chi connectivity index (χ2n) is 2.59. The molecule has 0 unspecified atom stereocenters. The molecule has 0 nitrogen and oxygen atoms in total. The molecule has 0 saturated heterocycles. The summed E-state index contributed by atoms with van der Waals surface area (Å²) in [7, 11) is 0.270. The van der Waals surface area contributed by atoms with Gasteiger partial charge in [-0.1, -0.05) is 42.9 Å². The molecule has 1 rings (SSSR count). The molecule has 12 heavy (non-hydrogen) atoms. The molecule has 0 aliphatic rings. The monoisotopic (exact) mass is 222 g/mol. The lowest BCUT2D eigenvalue weighted by Gasteiger charge is -1.96. The quantitative estimate of drug-likeness (QED) is 0.691. The molecular formula is C9H16Cl2Si. The van der Waals surface area contributed by atoms with E-state index in [0.717, 1.165) is 0 Å². The van der Waals surface area contributed by atoms with Crippen LogP contribution in [0.25, 0.3) is 0 Å². The summed E-state index contributed by atoms with van der Waals surface area (Å²) in [5, 5.41) is 0. The van der Waals surface area contributed by atoms with Crippen LogP contribution in [-0.4, -0.2) is 9.52 Å². The van der Waals surface area contributed by atoms with Crippen molar-refractivity contribution in [1.82, 2.24) is 0 Å². The summed E-state index contributed by atoms with van der Waals surface area (Å²) in [6, 6.07) is 12.2. The van der Waals surface area contributed by atoms with Crippen molar-refractivity contribution in [2.24, 2.45) is 0 Å². The van der Waals surface area contributed by atoms with Gasteiger partial charge < -0.3 is 0 Å². The fourth-order valence-electron chi connectivity index (χ4n) is 1.03. The minimum absolute atomic E-state index is 0. The highest BCUT2D eigenvalue weighted by molar-refractivity contribution is 6.33. The number of hydrogen-bond acceptors (Lipinski definition) is 0. The zero-order valence-corrected chi connectivity index (χ0v) is 10.4. The number of aryl methyl sites for hydroxylation is 1. The van der Waals surface area contributed by atoms with Gasteiger partial charge >= 0.3 is 0 Å². The number of rotatable bonds is 3. The Labute approximate surface area is 89.4 Å². The molecule has 70 valence electrons. The summed E-state index contributed by atoms with van der Waals surface area (Å²) in [5.41, 5.74) is 1.50. The van der Waals surface area contributed by atoms with Gasteiger partial charge in [0.1, 0.15) is 0 Å². The van der Waals surface area contributed by atoms with Crippen LogP contribution in [0.2, 0.25) is 12.6 Å². The summed E-state index contributed by atoms with van der Waals surface area (Å²) in [6.45, 7) is 2.36. The second-order valence-corrected chi connectivity index (χ2v) is 4.30. The Kier molecular flexibility index (Phi) is 11.0. The Bertz CT molecular complexity index is 177. The Hall–Kier alpha value is 0.0169. The normalized spacial score (nSPS) is 9.08. The van der Waals surface area contributed by atoms with Crippen LogP contribution in [0.5, 0.6) is 0 Å². The van der Waals surface area contributed by atoms with Crippen LogP contribution in [0.1, 0.15) is 5.56 Å². The molecule has 1 aromatic rings. The third-order valence-corrected chi connectivity index (χ3v) is 2.72. The lowest BCUT2D eigenvalue weighted by molar-refractivity contribution is 1.12. The van der Waals surface area contributed by atoms with Crippen LogP contribution in [0.4, 0.5) is 0 Å². The Morgan fingerprint density at radius 3 is 2.17 bits per heavy atom. The topological polar surface area (TPSA) is 0 Å². The lowest BCUT2D eigenvalue weighted by Crippen LogP contribution is -1.86. The van der Waals surface area contributed by atoms with E-state index in [1.54, 1.807) is 0 Å². The third kappa shape index (κ3) is 5.64. The molecule has 0 fully saturated rings. The van der Waals surface area contributed by atoms with Gasteiger partial charge in [0.15, 0.2) is 0 Å². The Morgan fingerprint density at radius 2 is 1.67 bits per heavy atom. The molecule has 0 spiro atoms. The Morgan fingerprint density at radius 1 is 1.08 bits per heavy atom. The molecule has 0 radical (unpaired) electrons. The van der Waals surface area contributed by atoms with Gasteiger partial charge in [-0.25, -0.2) is 0 Å². The molecule has 1 aromatic carbocycles. The van der Waals surface area contributed by atoms with Crippen molar-refractivity contribution in [2.45, 2.75) is 19.0 Å². The second kappa shape index (κ2) is 9.11. The predicted molar refractivity (Wildman–Crippen MR) is 63.9 cm³/mol. The fraction of sp³-hybridized carbons (Fsp3) is 0.333. The Balaban J connectivity index is 0. The van der Waals surface area contributed by atoms with E-state index >= 15 is 0 Å². The van der Waals surface area contributed by atoms with E-state index in [9.17, 15) is 0 Å². The van der Waals surface area contributed by atoms with Gasteiger partial charge in [0.2, 0.25) is 0 Å². The van der Waals surface area contributed by atoms with Crippen molar-refractivity contribution in [3.63, 3.8) is 0 Å². The summed E-state index contributed by atoms with van der Waals surface area (Å²) < 4.78 is 0. The molecule has 0 saturated carbocycles. The van der Waals surface area contributed by atoms with E-state index in [1.807, 2.05) is 0 Å². The van der Waals surface area contributed by atoms with Crippen molar-refractivity contribution in [2.75, 3.05) is 0 Å². The summed E-state index contributed by atoms with van der Waals surface area (Å²) in [4.78, 5) is 0. The van der Waals surface area contributed by atoms with Crippen LogP contribution >= 0.6 is 24.8 Å².